The van der Waals surface area contributed by atoms with Crippen molar-refractivity contribution in [1.82, 2.24) is 29.9 Å². The Morgan fingerprint density at radius 1 is 1.08 bits per heavy atom. The van der Waals surface area contributed by atoms with E-state index in [1.165, 1.54) is 0 Å². The molecule has 24 heavy (non-hydrogen) atoms. The number of hydrogen-bond donors (Lipinski definition) is 2. The van der Waals surface area contributed by atoms with Gasteiger partial charge in [0, 0.05) is 44.5 Å². The smallest absolute Gasteiger partial charge is 0.222 e. The molecule has 8 heteroatoms. The third-order valence-corrected chi connectivity index (χ3v) is 3.48. The topological polar surface area (TPSA) is 97.1 Å². The van der Waals surface area contributed by atoms with Crippen molar-refractivity contribution in [2.45, 2.75) is 19.3 Å². The van der Waals surface area contributed by atoms with Crippen LogP contribution < -0.4 is 10.6 Å². The lowest BCUT2D eigenvalue weighted by Gasteiger charge is -2.06. The van der Waals surface area contributed by atoms with E-state index in [1.54, 1.807) is 18.5 Å². The van der Waals surface area contributed by atoms with E-state index in [0.29, 0.717) is 31.9 Å². The number of carbonyl (C=O) groups excluding carboxylic acids is 1. The van der Waals surface area contributed by atoms with Crippen LogP contribution in [-0.4, -0.2) is 43.6 Å². The number of fused-ring (bicyclic) bond motifs is 1. The summed E-state index contributed by atoms with van der Waals surface area (Å²) in [7, 11) is 0. The van der Waals surface area contributed by atoms with Gasteiger partial charge in [-0.05, 0) is 24.6 Å². The SMILES string of the molecule is O=C(CCCNc1ncccn1)NCCc1nnc2ccccn12. The highest BCUT2D eigenvalue weighted by Gasteiger charge is 2.06. The number of amides is 1. The Balaban J connectivity index is 1.34. The van der Waals surface area contributed by atoms with Gasteiger partial charge in [-0.3, -0.25) is 9.20 Å². The molecule has 3 aromatic rings. The summed E-state index contributed by atoms with van der Waals surface area (Å²) in [5.41, 5.74) is 0.813. The van der Waals surface area contributed by atoms with Gasteiger partial charge in [0.05, 0.1) is 0 Å². The van der Waals surface area contributed by atoms with Crippen molar-refractivity contribution in [2.75, 3.05) is 18.4 Å². The van der Waals surface area contributed by atoms with Gasteiger partial charge in [-0.25, -0.2) is 9.97 Å². The maximum Gasteiger partial charge on any atom is 0.222 e. The number of nitrogens with one attached hydrogen (secondary N) is 2. The molecule has 124 valence electrons. The van der Waals surface area contributed by atoms with E-state index in [9.17, 15) is 4.79 Å². The molecule has 8 nitrogen and oxygen atoms in total. The van der Waals surface area contributed by atoms with Crippen LogP contribution in [0, 0.1) is 0 Å². The highest BCUT2D eigenvalue weighted by atomic mass is 16.1. The fourth-order valence-corrected chi connectivity index (χ4v) is 2.30. The summed E-state index contributed by atoms with van der Waals surface area (Å²) >= 11 is 0. The van der Waals surface area contributed by atoms with Gasteiger partial charge in [-0.1, -0.05) is 6.07 Å². The van der Waals surface area contributed by atoms with Crippen LogP contribution in [0.2, 0.25) is 0 Å². The van der Waals surface area contributed by atoms with E-state index >= 15 is 0 Å². The largest absolute Gasteiger partial charge is 0.356 e. The zero-order valence-electron chi connectivity index (χ0n) is 13.2. The Morgan fingerprint density at radius 2 is 1.96 bits per heavy atom. The highest BCUT2D eigenvalue weighted by molar-refractivity contribution is 5.75. The fourth-order valence-electron chi connectivity index (χ4n) is 2.30. The predicted molar refractivity (Wildman–Crippen MR) is 89.5 cm³/mol. The van der Waals surface area contributed by atoms with Gasteiger partial charge in [-0.2, -0.15) is 0 Å². The minimum atomic E-state index is 0.0274. The first-order valence-electron chi connectivity index (χ1n) is 7.89. The monoisotopic (exact) mass is 325 g/mol. The molecule has 0 aliphatic rings. The highest BCUT2D eigenvalue weighted by Crippen LogP contribution is 2.03. The van der Waals surface area contributed by atoms with E-state index in [-0.39, 0.29) is 5.91 Å². The van der Waals surface area contributed by atoms with E-state index in [4.69, 9.17) is 0 Å². The molecule has 3 rings (SSSR count). The predicted octanol–water partition coefficient (Wildman–Crippen LogP) is 1.07. The van der Waals surface area contributed by atoms with E-state index in [1.807, 2.05) is 28.8 Å². The Morgan fingerprint density at radius 3 is 2.83 bits per heavy atom. The zero-order valence-corrected chi connectivity index (χ0v) is 13.2. The average molecular weight is 325 g/mol. The molecule has 0 saturated heterocycles. The molecular weight excluding hydrogens is 306 g/mol. The molecule has 0 atom stereocenters. The molecule has 3 heterocycles. The molecule has 2 N–H and O–H groups in total. The van der Waals surface area contributed by atoms with E-state index in [2.05, 4.69) is 30.8 Å². The molecule has 0 spiro atoms. The van der Waals surface area contributed by atoms with Crippen LogP contribution in [0.5, 0.6) is 0 Å². The second kappa shape index (κ2) is 8.00. The Kier molecular flexibility index (Phi) is 5.28. The number of carbonyl (C=O) groups is 1. The van der Waals surface area contributed by atoms with Gasteiger partial charge < -0.3 is 10.6 Å². The van der Waals surface area contributed by atoms with Crippen LogP contribution >= 0.6 is 0 Å². The molecule has 0 saturated carbocycles. The maximum absolute atomic E-state index is 11.8. The van der Waals surface area contributed by atoms with Crippen molar-refractivity contribution in [2.24, 2.45) is 0 Å². The standard InChI is InChI=1S/C16H19N7O/c24-15(6-3-8-18-16-19-9-4-10-20-16)17-11-7-14-22-21-13-5-1-2-12-23(13)14/h1-2,4-5,9-10,12H,3,6-8,11H2,(H,17,24)(H,18,19,20). The van der Waals surface area contributed by atoms with E-state index < -0.39 is 0 Å². The summed E-state index contributed by atoms with van der Waals surface area (Å²) in [6.07, 6.45) is 7.10. The molecule has 0 radical (unpaired) electrons. The van der Waals surface area contributed by atoms with Crippen molar-refractivity contribution in [3.63, 3.8) is 0 Å². The zero-order chi connectivity index (χ0) is 16.6. The first kappa shape index (κ1) is 15.9. The number of pyridine rings is 1. The average Bonchev–Trinajstić information content (AvgIpc) is 3.03. The Labute approximate surface area is 139 Å². The summed E-state index contributed by atoms with van der Waals surface area (Å²) in [4.78, 5) is 20.0. The molecule has 0 aliphatic carbocycles. The lowest BCUT2D eigenvalue weighted by Crippen LogP contribution is -2.26. The van der Waals surface area contributed by atoms with Crippen molar-refractivity contribution in [3.05, 3.63) is 48.7 Å². The quantitative estimate of drug-likeness (QED) is 0.601. The molecule has 0 fully saturated rings. The first-order valence-corrected chi connectivity index (χ1v) is 7.89. The van der Waals surface area contributed by atoms with Gasteiger partial charge in [0.25, 0.3) is 0 Å². The first-order chi connectivity index (χ1) is 11.8. The van der Waals surface area contributed by atoms with Gasteiger partial charge in [0.1, 0.15) is 5.82 Å². The molecule has 0 aliphatic heterocycles. The number of rotatable bonds is 8. The third-order valence-electron chi connectivity index (χ3n) is 3.48. The molecule has 0 bridgehead atoms. The summed E-state index contributed by atoms with van der Waals surface area (Å²) in [5, 5.41) is 14.2. The molecule has 0 unspecified atom stereocenters. The van der Waals surface area contributed by atoms with Crippen molar-refractivity contribution in [3.8, 4) is 0 Å². The van der Waals surface area contributed by atoms with Crippen molar-refractivity contribution in [1.29, 1.82) is 0 Å². The van der Waals surface area contributed by atoms with Crippen LogP contribution in [0.3, 0.4) is 0 Å². The summed E-state index contributed by atoms with van der Waals surface area (Å²) in [6, 6.07) is 7.52. The van der Waals surface area contributed by atoms with Crippen LogP contribution in [0.1, 0.15) is 18.7 Å². The molecular formula is C16H19N7O. The van der Waals surface area contributed by atoms with Crippen molar-refractivity contribution >= 4 is 17.5 Å². The van der Waals surface area contributed by atoms with Gasteiger partial charge in [0.15, 0.2) is 5.65 Å². The van der Waals surface area contributed by atoms with E-state index in [0.717, 1.165) is 17.9 Å². The summed E-state index contributed by atoms with van der Waals surface area (Å²) in [6.45, 7) is 1.20. The van der Waals surface area contributed by atoms with Gasteiger partial charge >= 0.3 is 0 Å². The van der Waals surface area contributed by atoms with Crippen LogP contribution in [0.4, 0.5) is 5.95 Å². The van der Waals surface area contributed by atoms with Crippen molar-refractivity contribution < 1.29 is 4.79 Å². The number of anilines is 1. The Bertz CT molecular complexity index is 787. The number of nitrogens with zero attached hydrogens (tertiary/aromatic N) is 5. The van der Waals surface area contributed by atoms with Crippen LogP contribution in [-0.2, 0) is 11.2 Å². The summed E-state index contributed by atoms with van der Waals surface area (Å²) in [5.74, 6) is 1.45. The van der Waals surface area contributed by atoms with Gasteiger partial charge in [0.2, 0.25) is 11.9 Å². The minimum Gasteiger partial charge on any atom is -0.356 e. The minimum absolute atomic E-state index is 0.0274. The lowest BCUT2D eigenvalue weighted by atomic mass is 10.3. The van der Waals surface area contributed by atoms with Crippen LogP contribution in [0.25, 0.3) is 5.65 Å². The second-order valence-electron chi connectivity index (χ2n) is 5.25. The van der Waals surface area contributed by atoms with Crippen LogP contribution in [0.15, 0.2) is 42.9 Å². The van der Waals surface area contributed by atoms with Gasteiger partial charge in [-0.15, -0.1) is 10.2 Å². The lowest BCUT2D eigenvalue weighted by molar-refractivity contribution is -0.121. The maximum atomic E-state index is 11.8. The molecule has 3 aromatic heterocycles. The Hall–Kier alpha value is -3.03. The fraction of sp³-hybridized carbons (Fsp3) is 0.312. The number of aromatic nitrogens is 5. The normalized spacial score (nSPS) is 10.7. The second-order valence-corrected chi connectivity index (χ2v) is 5.25. The summed E-state index contributed by atoms with van der Waals surface area (Å²) < 4.78 is 1.93. The number of hydrogen-bond acceptors (Lipinski definition) is 6. The third kappa shape index (κ3) is 4.25. The molecule has 0 aromatic carbocycles. The molecule has 1 amide bonds.